The average molecular weight is 497 g/mol. The number of sulfonamides is 1. The number of hydrogen-bond donors (Lipinski definition) is 0. The van der Waals surface area contributed by atoms with Gasteiger partial charge in [-0.25, -0.2) is 8.42 Å². The number of hydrogen-bond acceptors (Lipinski definition) is 7. The van der Waals surface area contributed by atoms with Crippen molar-refractivity contribution in [3.05, 3.63) is 53.9 Å². The molecule has 0 saturated carbocycles. The molecule has 2 aliphatic heterocycles. The molecule has 1 atom stereocenters. The van der Waals surface area contributed by atoms with E-state index in [9.17, 15) is 13.2 Å². The number of aromatic nitrogens is 2. The lowest BCUT2D eigenvalue weighted by Gasteiger charge is -2.30. The Morgan fingerprint density at radius 2 is 1.94 bits per heavy atom. The smallest absolute Gasteiger partial charge is 0.265 e. The monoisotopic (exact) mass is 496 g/mol. The van der Waals surface area contributed by atoms with E-state index in [1.165, 1.54) is 4.31 Å². The van der Waals surface area contributed by atoms with Gasteiger partial charge in [-0.1, -0.05) is 29.8 Å². The Morgan fingerprint density at radius 1 is 1.14 bits per heavy atom. The maximum Gasteiger partial charge on any atom is 0.265 e. The number of fused-ring (bicyclic) bond motifs is 1. The number of anilines is 1. The second-order valence-corrected chi connectivity index (χ2v) is 10.9. The topological polar surface area (TPSA) is 106 Å². The molecule has 0 N–H and O–H groups in total. The van der Waals surface area contributed by atoms with E-state index in [4.69, 9.17) is 9.26 Å². The highest BCUT2D eigenvalue weighted by atomic mass is 32.2. The minimum absolute atomic E-state index is 0.0301. The second kappa shape index (κ2) is 9.43. The van der Waals surface area contributed by atoms with Crippen LogP contribution in [0.3, 0.4) is 0 Å². The summed E-state index contributed by atoms with van der Waals surface area (Å²) in [7, 11) is -3.60. The summed E-state index contributed by atoms with van der Waals surface area (Å²) < 4.78 is 39.0. The van der Waals surface area contributed by atoms with Crippen LogP contribution in [-0.4, -0.2) is 55.0 Å². The molecule has 35 heavy (non-hydrogen) atoms. The molecule has 3 heterocycles. The number of carbonyl (C=O) groups is 1. The minimum atomic E-state index is -3.60. The van der Waals surface area contributed by atoms with Crippen LogP contribution in [0.2, 0.25) is 0 Å². The fourth-order valence-corrected chi connectivity index (χ4v) is 6.07. The molecule has 1 saturated heterocycles. The minimum Gasteiger partial charge on any atom is -0.482 e. The van der Waals surface area contributed by atoms with E-state index in [0.717, 1.165) is 18.4 Å². The molecule has 0 aliphatic carbocycles. The van der Waals surface area contributed by atoms with E-state index in [-0.39, 0.29) is 29.9 Å². The third-order valence-electron chi connectivity index (χ3n) is 6.44. The van der Waals surface area contributed by atoms with Gasteiger partial charge in [-0.05, 0) is 56.5 Å². The molecular formula is C25H28N4O5S. The van der Waals surface area contributed by atoms with E-state index in [2.05, 4.69) is 10.1 Å². The van der Waals surface area contributed by atoms with Gasteiger partial charge in [0.2, 0.25) is 21.7 Å². The van der Waals surface area contributed by atoms with E-state index in [0.29, 0.717) is 48.2 Å². The molecule has 0 radical (unpaired) electrons. The van der Waals surface area contributed by atoms with Crippen molar-refractivity contribution in [3.8, 4) is 17.1 Å². The van der Waals surface area contributed by atoms with Gasteiger partial charge in [-0.3, -0.25) is 4.79 Å². The molecule has 10 heteroatoms. The molecule has 0 bridgehead atoms. The van der Waals surface area contributed by atoms with Gasteiger partial charge >= 0.3 is 0 Å². The summed E-state index contributed by atoms with van der Waals surface area (Å²) in [5, 5.41) is 4.16. The normalized spacial score (nSPS) is 18.9. The predicted molar refractivity (Wildman–Crippen MR) is 130 cm³/mol. The van der Waals surface area contributed by atoms with E-state index < -0.39 is 10.0 Å². The predicted octanol–water partition coefficient (Wildman–Crippen LogP) is 3.75. The molecule has 1 unspecified atom stereocenters. The zero-order chi connectivity index (χ0) is 24.6. The Kier molecular flexibility index (Phi) is 6.33. The lowest BCUT2D eigenvalue weighted by molar-refractivity contribution is -0.121. The average Bonchev–Trinajstić information content (AvgIpc) is 3.36. The number of piperidine rings is 1. The van der Waals surface area contributed by atoms with Crippen molar-refractivity contribution in [2.75, 3.05) is 31.1 Å². The number of rotatable bonds is 6. The molecule has 5 rings (SSSR count). The van der Waals surface area contributed by atoms with E-state index >= 15 is 0 Å². The van der Waals surface area contributed by atoms with Crippen molar-refractivity contribution >= 4 is 21.6 Å². The number of carbonyl (C=O) groups excluding carboxylic acids is 1. The largest absolute Gasteiger partial charge is 0.482 e. The molecule has 3 aromatic rings. The van der Waals surface area contributed by atoms with Gasteiger partial charge in [-0.15, -0.1) is 0 Å². The summed E-state index contributed by atoms with van der Waals surface area (Å²) in [6.45, 7) is 5.32. The summed E-state index contributed by atoms with van der Waals surface area (Å²) in [5.41, 5.74) is 2.41. The number of amides is 1. The van der Waals surface area contributed by atoms with Crippen LogP contribution in [0.4, 0.5) is 5.69 Å². The van der Waals surface area contributed by atoms with Crippen molar-refractivity contribution in [1.29, 1.82) is 0 Å². The first-order chi connectivity index (χ1) is 16.9. The van der Waals surface area contributed by atoms with Crippen LogP contribution in [-0.2, 0) is 14.8 Å². The van der Waals surface area contributed by atoms with E-state index in [1.807, 2.05) is 32.0 Å². The van der Waals surface area contributed by atoms with Gasteiger partial charge in [0, 0.05) is 25.2 Å². The van der Waals surface area contributed by atoms with Crippen molar-refractivity contribution < 1.29 is 22.5 Å². The molecular weight excluding hydrogens is 468 g/mol. The number of nitrogens with zero attached hydrogens (tertiary/aromatic N) is 4. The Bertz CT molecular complexity index is 1340. The summed E-state index contributed by atoms with van der Waals surface area (Å²) in [5.74, 6) is 1.19. The summed E-state index contributed by atoms with van der Waals surface area (Å²) >= 11 is 0. The highest BCUT2D eigenvalue weighted by molar-refractivity contribution is 7.89. The first-order valence-corrected chi connectivity index (χ1v) is 13.3. The summed E-state index contributed by atoms with van der Waals surface area (Å²) in [4.78, 5) is 18.9. The molecule has 9 nitrogen and oxygen atoms in total. The van der Waals surface area contributed by atoms with Crippen LogP contribution in [0.15, 0.2) is 51.9 Å². The SMILES string of the molecule is CCCN1C(=O)COc2ccc(-c3noc(C4CCCN(S(=O)(=O)c5ccc(C)cc5)C4)n3)cc21. The molecule has 1 amide bonds. The number of aryl methyl sites for hydroxylation is 1. The highest BCUT2D eigenvalue weighted by Gasteiger charge is 2.33. The molecule has 184 valence electrons. The standard InChI is InChI=1S/C25H28N4O5S/c1-3-12-29-21-14-18(8-11-22(21)33-16-23(29)30)24-26-25(34-27-24)19-5-4-13-28(15-19)35(31,32)20-9-6-17(2)7-10-20/h6-11,14,19H,3-5,12-13,15-16H2,1-2H3. The van der Waals surface area contributed by atoms with Crippen molar-refractivity contribution in [2.45, 2.75) is 43.9 Å². The van der Waals surface area contributed by atoms with Gasteiger partial charge in [-0.2, -0.15) is 9.29 Å². The Hall–Kier alpha value is -3.24. The van der Waals surface area contributed by atoms with Crippen LogP contribution in [0.5, 0.6) is 5.75 Å². The highest BCUT2D eigenvalue weighted by Crippen LogP contribution is 2.36. The lowest BCUT2D eigenvalue weighted by atomic mass is 10.00. The molecule has 2 aromatic carbocycles. The number of ether oxygens (including phenoxy) is 1. The quantitative estimate of drug-likeness (QED) is 0.512. The van der Waals surface area contributed by atoms with Crippen LogP contribution in [0, 0.1) is 6.92 Å². The molecule has 1 aromatic heterocycles. The van der Waals surface area contributed by atoms with Gasteiger partial charge < -0.3 is 14.2 Å². The van der Waals surface area contributed by atoms with Gasteiger partial charge in [0.15, 0.2) is 6.61 Å². The van der Waals surface area contributed by atoms with Crippen molar-refractivity contribution in [1.82, 2.24) is 14.4 Å². The first kappa shape index (κ1) is 23.5. The van der Waals surface area contributed by atoms with Crippen LogP contribution >= 0.6 is 0 Å². The van der Waals surface area contributed by atoms with Crippen LogP contribution in [0.25, 0.3) is 11.4 Å². The van der Waals surface area contributed by atoms with Crippen molar-refractivity contribution in [2.24, 2.45) is 0 Å². The van der Waals surface area contributed by atoms with Gasteiger partial charge in [0.25, 0.3) is 5.91 Å². The Morgan fingerprint density at radius 3 is 2.71 bits per heavy atom. The lowest BCUT2D eigenvalue weighted by Crippen LogP contribution is -2.39. The van der Waals surface area contributed by atoms with Crippen LogP contribution in [0.1, 0.15) is 43.6 Å². The van der Waals surface area contributed by atoms with E-state index in [1.54, 1.807) is 29.2 Å². The zero-order valence-corrected chi connectivity index (χ0v) is 20.6. The maximum atomic E-state index is 13.2. The fourth-order valence-electron chi connectivity index (χ4n) is 4.55. The Balaban J connectivity index is 1.37. The molecule has 2 aliphatic rings. The molecule has 1 fully saturated rings. The second-order valence-electron chi connectivity index (χ2n) is 8.99. The fraction of sp³-hybridized carbons (Fsp3) is 0.400. The van der Waals surface area contributed by atoms with Crippen molar-refractivity contribution in [3.63, 3.8) is 0 Å². The van der Waals surface area contributed by atoms with Gasteiger partial charge in [0.1, 0.15) is 5.75 Å². The third-order valence-corrected chi connectivity index (χ3v) is 8.32. The summed E-state index contributed by atoms with van der Waals surface area (Å²) in [6.07, 6.45) is 2.29. The van der Waals surface area contributed by atoms with Gasteiger partial charge in [0.05, 0.1) is 16.5 Å². The maximum absolute atomic E-state index is 13.2. The zero-order valence-electron chi connectivity index (χ0n) is 19.8. The summed E-state index contributed by atoms with van der Waals surface area (Å²) in [6, 6.07) is 12.4. The third kappa shape index (κ3) is 4.55. The first-order valence-electron chi connectivity index (χ1n) is 11.8. The van der Waals surface area contributed by atoms with Crippen LogP contribution < -0.4 is 9.64 Å². The number of benzene rings is 2. The Labute approximate surface area is 204 Å². The molecule has 0 spiro atoms.